The van der Waals surface area contributed by atoms with Crippen LogP contribution in [0, 0.1) is 48.4 Å². The van der Waals surface area contributed by atoms with Crippen LogP contribution in [-0.4, -0.2) is 48.3 Å². The van der Waals surface area contributed by atoms with Crippen molar-refractivity contribution in [1.82, 2.24) is 0 Å². The normalized spacial score (nSPS) is 11.7. The Morgan fingerprint density at radius 1 is 0.294 bits per heavy atom. The summed E-state index contributed by atoms with van der Waals surface area (Å²) < 4.78 is 61.7. The summed E-state index contributed by atoms with van der Waals surface area (Å²) in [7, 11) is 0. The molecule has 0 bridgehead atoms. The number of hydrogen-bond acceptors (Lipinski definition) is 14. The molecule has 0 aliphatic rings. The van der Waals surface area contributed by atoms with Crippen LogP contribution >= 0.6 is 0 Å². The maximum Gasteiger partial charge on any atom is 0.338 e. The van der Waals surface area contributed by atoms with E-state index in [-0.39, 0.29) is 64.1 Å². The fourth-order valence-electron chi connectivity index (χ4n) is 9.61. The number of esters is 4. The first-order chi connectivity index (χ1) is 49.4. The molecule has 0 fully saturated rings. The Morgan fingerprint density at radius 3 is 0.765 bits per heavy atom. The van der Waals surface area contributed by atoms with E-state index in [1.54, 1.807) is 72.8 Å². The van der Waals surface area contributed by atoms with E-state index in [0.717, 1.165) is 22.3 Å². The average molecular weight is 1360 g/mol. The zero-order valence-electron chi connectivity index (χ0n) is 58.7. The maximum atomic E-state index is 12.8. The van der Waals surface area contributed by atoms with E-state index >= 15 is 0 Å². The Bertz CT molecular complexity index is 4080. The zero-order valence-corrected chi connectivity index (χ0v) is 58.7. The van der Waals surface area contributed by atoms with Gasteiger partial charge in [-0.2, -0.15) is 0 Å². The highest BCUT2D eigenvalue weighted by molar-refractivity contribution is 5.91. The third-order valence-corrected chi connectivity index (χ3v) is 16.4. The molecule has 14 nitrogen and oxygen atoms in total. The number of ether oxygens (including phenoxy) is 10. The second-order valence-electron chi connectivity index (χ2n) is 24.4. The second-order valence-corrected chi connectivity index (χ2v) is 24.4. The molecule has 4 unspecified atom stereocenters. The second kappa shape index (κ2) is 37.2. The van der Waals surface area contributed by atoms with Crippen LogP contribution in [0.2, 0.25) is 0 Å². The average Bonchev–Trinajstić information content (AvgIpc) is 0.807. The summed E-state index contributed by atoms with van der Waals surface area (Å²) in [5, 5.41) is 0. The van der Waals surface area contributed by atoms with E-state index in [2.05, 4.69) is 35.5 Å². The Kier molecular flexibility index (Phi) is 27.0. The van der Waals surface area contributed by atoms with Crippen molar-refractivity contribution in [2.45, 2.75) is 145 Å². The molecule has 9 aromatic rings. The molecule has 9 aromatic carbocycles. The number of terminal acetylenes is 2. The lowest BCUT2D eigenvalue weighted by Crippen LogP contribution is -2.14. The van der Waals surface area contributed by atoms with Crippen molar-refractivity contribution >= 4 is 23.9 Å². The van der Waals surface area contributed by atoms with E-state index in [4.69, 9.17) is 60.2 Å². The van der Waals surface area contributed by atoms with Gasteiger partial charge in [-0.3, -0.25) is 0 Å². The molecular formula is C88H82O14. The molecule has 0 aromatic heterocycles. The standard InChI is InChI=1S/C88H82O14/c1-11-59(7)99-85(89)73-35-27-67(28-36-73)53-93-79-45-71(46-80(51-79)94-54-68-29-37-74(38-30-68)86(90)100-60(8)12-2)57-97-83-49-78(44-26-66-23-19-64(16-6)20-24-66)84(50-77(83)43-25-65-21-17-63(15-5)18-22-65)98-58-72-47-81(95-55-69-31-39-75(40-32-69)87(91)101-61(9)13-3)52-82(48-72)96-56-70-33-41-76(42-34-70)88(92)102-62(10)14-4/h5-6,17-24,27-42,45-52,59-62H,11-14,53-58H2,1-4,7-10H3. The Hall–Kier alpha value is -12.1. The molecule has 0 spiro atoms. The van der Waals surface area contributed by atoms with Gasteiger partial charge in [-0.05, 0) is 208 Å². The van der Waals surface area contributed by atoms with Crippen molar-refractivity contribution in [2.75, 3.05) is 0 Å². The highest BCUT2D eigenvalue weighted by Gasteiger charge is 2.19. The summed E-state index contributed by atoms with van der Waals surface area (Å²) in [6, 6.07) is 57.6. The lowest BCUT2D eigenvalue weighted by atomic mass is 10.1. The molecule has 0 saturated carbocycles. The minimum Gasteiger partial charge on any atom is -0.489 e. The summed E-state index contributed by atoms with van der Waals surface area (Å²) in [4.78, 5) is 51.3. The molecule has 14 heteroatoms. The number of benzene rings is 9. The molecule has 0 saturated heterocycles. The minimum absolute atomic E-state index is 0.000873. The summed E-state index contributed by atoms with van der Waals surface area (Å²) in [6.07, 6.45) is 13.4. The third kappa shape index (κ3) is 22.5. The van der Waals surface area contributed by atoms with Crippen LogP contribution in [0.3, 0.4) is 0 Å². The van der Waals surface area contributed by atoms with E-state index in [1.165, 1.54) is 0 Å². The van der Waals surface area contributed by atoms with Crippen molar-refractivity contribution < 1.29 is 66.5 Å². The van der Waals surface area contributed by atoms with E-state index in [0.29, 0.717) is 127 Å². The van der Waals surface area contributed by atoms with Crippen LogP contribution < -0.4 is 28.4 Å². The monoisotopic (exact) mass is 1360 g/mol. The van der Waals surface area contributed by atoms with Gasteiger partial charge < -0.3 is 47.4 Å². The molecule has 4 atom stereocenters. The van der Waals surface area contributed by atoms with Crippen molar-refractivity contribution in [3.8, 4) is 82.9 Å². The first-order valence-corrected chi connectivity index (χ1v) is 34.0. The number of rotatable bonds is 30. The van der Waals surface area contributed by atoms with Gasteiger partial charge in [0, 0.05) is 46.5 Å². The van der Waals surface area contributed by atoms with Crippen LogP contribution in [0.25, 0.3) is 0 Å². The molecule has 0 aliphatic heterocycles. The number of hydrogen-bond donors (Lipinski definition) is 0. The van der Waals surface area contributed by atoms with E-state index < -0.39 is 23.9 Å². The molecular weight excluding hydrogens is 1280 g/mol. The SMILES string of the molecule is C#Cc1ccc(C#Cc2cc(OCc3cc(OCc4ccc(C(=O)OC(C)CC)cc4)cc(OCc4ccc(C(=O)OC(C)CC)cc4)c3)c(C#Cc3ccc(C#C)cc3)cc2OCc2cc(OCc3ccc(C(=O)OC(C)CC)cc3)cc(OCc3ccc(C(=O)OC(C)CC)cc3)c2)cc1. The number of carbonyl (C=O) groups is 4. The lowest BCUT2D eigenvalue weighted by Gasteiger charge is -2.16. The Balaban J connectivity index is 1.05. The largest absolute Gasteiger partial charge is 0.489 e. The molecule has 9 rings (SSSR count). The van der Waals surface area contributed by atoms with Crippen LogP contribution in [-0.2, 0) is 58.6 Å². The molecule has 0 amide bonds. The van der Waals surface area contributed by atoms with Gasteiger partial charge in [0.15, 0.2) is 0 Å². The molecule has 0 aliphatic carbocycles. The van der Waals surface area contributed by atoms with E-state index in [1.807, 2.05) is 177 Å². The molecule has 518 valence electrons. The van der Waals surface area contributed by atoms with Crippen molar-refractivity contribution in [2.24, 2.45) is 0 Å². The van der Waals surface area contributed by atoms with Gasteiger partial charge in [0.2, 0.25) is 0 Å². The molecule has 0 heterocycles. The zero-order chi connectivity index (χ0) is 72.3. The summed E-state index contributed by atoms with van der Waals surface area (Å²) >= 11 is 0. The van der Waals surface area contributed by atoms with Crippen molar-refractivity contribution in [3.63, 3.8) is 0 Å². The van der Waals surface area contributed by atoms with Crippen LogP contribution in [0.15, 0.2) is 194 Å². The van der Waals surface area contributed by atoms with Crippen molar-refractivity contribution in [1.29, 1.82) is 0 Å². The Labute approximate surface area is 598 Å². The van der Waals surface area contributed by atoms with Crippen LogP contribution in [0.1, 0.15) is 189 Å². The first-order valence-electron chi connectivity index (χ1n) is 34.0. The van der Waals surface area contributed by atoms with Gasteiger partial charge in [0.05, 0.1) is 57.8 Å². The smallest absolute Gasteiger partial charge is 0.338 e. The predicted octanol–water partition coefficient (Wildman–Crippen LogP) is 17.7. The van der Waals surface area contributed by atoms with Gasteiger partial charge in [-0.15, -0.1) is 12.8 Å². The highest BCUT2D eigenvalue weighted by atomic mass is 16.6. The minimum atomic E-state index is -0.398. The Morgan fingerprint density at radius 2 is 0.529 bits per heavy atom. The summed E-state index contributed by atoms with van der Waals surface area (Å²) in [6.45, 7) is 15.9. The maximum absolute atomic E-state index is 12.8. The molecule has 0 radical (unpaired) electrons. The summed E-state index contributed by atoms with van der Waals surface area (Å²) in [5.41, 5.74) is 10.0. The van der Waals surface area contributed by atoms with Crippen molar-refractivity contribution in [3.05, 3.63) is 283 Å². The highest BCUT2D eigenvalue weighted by Crippen LogP contribution is 2.34. The third-order valence-electron chi connectivity index (χ3n) is 16.4. The number of carbonyl (C=O) groups excluding carboxylic acids is 4. The van der Waals surface area contributed by atoms with Crippen LogP contribution in [0.5, 0.6) is 34.5 Å². The molecule has 102 heavy (non-hydrogen) atoms. The quantitative estimate of drug-likeness (QED) is 0.0238. The van der Waals surface area contributed by atoms with Gasteiger partial charge in [0.25, 0.3) is 0 Å². The fourth-order valence-corrected chi connectivity index (χ4v) is 9.61. The topological polar surface area (TPSA) is 161 Å². The van der Waals surface area contributed by atoms with E-state index in [9.17, 15) is 19.2 Å². The van der Waals surface area contributed by atoms with Gasteiger partial charge in [-0.25, -0.2) is 19.2 Å². The first kappa shape index (κ1) is 74.1. The fraction of sp³-hybridized carbons (Fsp3) is 0.250. The lowest BCUT2D eigenvalue weighted by molar-refractivity contribution is 0.0324. The van der Waals surface area contributed by atoms with Gasteiger partial charge in [-0.1, -0.05) is 112 Å². The predicted molar refractivity (Wildman–Crippen MR) is 392 cm³/mol. The summed E-state index contributed by atoms with van der Waals surface area (Å²) in [5.74, 6) is 19.7. The van der Waals surface area contributed by atoms with Gasteiger partial charge in [0.1, 0.15) is 74.1 Å². The van der Waals surface area contributed by atoms with Gasteiger partial charge >= 0.3 is 23.9 Å². The molecule has 0 N–H and O–H groups in total. The van der Waals surface area contributed by atoms with Crippen LogP contribution in [0.4, 0.5) is 0 Å².